The second-order valence-electron chi connectivity index (χ2n) is 5.65. The number of H-pyrrole nitrogens is 1. The molecule has 10 heteroatoms. The highest BCUT2D eigenvalue weighted by Gasteiger charge is 2.25. The summed E-state index contributed by atoms with van der Waals surface area (Å²) in [6.45, 7) is 1.82. The highest BCUT2D eigenvalue weighted by Crippen LogP contribution is 2.24. The molecule has 1 saturated heterocycles. The van der Waals surface area contributed by atoms with Gasteiger partial charge < -0.3 is 20.3 Å². The van der Waals surface area contributed by atoms with E-state index in [1.54, 1.807) is 10.9 Å². The van der Waals surface area contributed by atoms with Crippen molar-refractivity contribution in [1.29, 1.82) is 0 Å². The molecule has 1 aliphatic heterocycles. The molecule has 136 valence electrons. The molecule has 2 aromatic rings. The number of aromatic nitrogens is 5. The maximum atomic E-state index is 12.3. The first-order valence-electron chi connectivity index (χ1n) is 8.08. The van der Waals surface area contributed by atoms with E-state index in [4.69, 9.17) is 9.90 Å². The van der Waals surface area contributed by atoms with Gasteiger partial charge in [-0.3, -0.25) is 9.48 Å². The zero-order valence-electron chi connectivity index (χ0n) is 14.1. The summed E-state index contributed by atoms with van der Waals surface area (Å²) in [5, 5.41) is 13.9. The number of carbonyl (C=O) groups is 2. The topological polar surface area (TPSA) is 129 Å². The molecule has 25 heavy (non-hydrogen) atoms. The Kier molecular flexibility index (Phi) is 6.93. The molecular formula is C15H23N7O3. The Morgan fingerprint density at radius 3 is 2.96 bits per heavy atom. The molecule has 3 heterocycles. The number of carbonyl (C=O) groups excluding carboxylic acids is 1. The zero-order chi connectivity index (χ0) is 18.1. The first-order valence-corrected chi connectivity index (χ1v) is 8.08. The summed E-state index contributed by atoms with van der Waals surface area (Å²) in [7, 11) is 1.85. The molecular weight excluding hydrogens is 326 g/mol. The third kappa shape index (κ3) is 5.30. The van der Waals surface area contributed by atoms with E-state index in [1.807, 2.05) is 18.1 Å². The third-order valence-electron chi connectivity index (χ3n) is 4.04. The second kappa shape index (κ2) is 9.40. The third-order valence-corrected chi connectivity index (χ3v) is 4.04. The van der Waals surface area contributed by atoms with Crippen molar-refractivity contribution in [1.82, 2.24) is 34.9 Å². The lowest BCUT2D eigenvalue weighted by Crippen LogP contribution is -2.45. The monoisotopic (exact) mass is 349 g/mol. The van der Waals surface area contributed by atoms with Crippen molar-refractivity contribution in [3.05, 3.63) is 30.4 Å². The molecule has 0 radical (unpaired) electrons. The van der Waals surface area contributed by atoms with Crippen molar-refractivity contribution in [3.8, 4) is 0 Å². The Labute approximate surface area is 145 Å². The van der Waals surface area contributed by atoms with Gasteiger partial charge >= 0.3 is 6.03 Å². The molecule has 1 fully saturated rings. The van der Waals surface area contributed by atoms with E-state index < -0.39 is 0 Å². The molecule has 2 amide bonds. The first kappa shape index (κ1) is 18.4. The van der Waals surface area contributed by atoms with Crippen LogP contribution < -0.4 is 5.32 Å². The van der Waals surface area contributed by atoms with E-state index in [-0.39, 0.29) is 12.5 Å². The van der Waals surface area contributed by atoms with Crippen molar-refractivity contribution >= 4 is 12.5 Å². The van der Waals surface area contributed by atoms with Crippen molar-refractivity contribution in [2.75, 3.05) is 19.6 Å². The number of hydrogen-bond donors (Lipinski definition) is 3. The number of nitrogens with zero attached hydrogens (tertiary/aromatic N) is 5. The van der Waals surface area contributed by atoms with Crippen LogP contribution in [0.25, 0.3) is 0 Å². The Hall–Kier alpha value is -2.91. The Morgan fingerprint density at radius 2 is 2.32 bits per heavy atom. The molecule has 10 nitrogen and oxygen atoms in total. The number of likely N-dealkylation sites (tertiary alicyclic amines) is 1. The van der Waals surface area contributed by atoms with E-state index >= 15 is 0 Å². The Morgan fingerprint density at radius 1 is 1.52 bits per heavy atom. The van der Waals surface area contributed by atoms with Crippen molar-refractivity contribution in [2.24, 2.45) is 7.05 Å². The number of piperidine rings is 1. The van der Waals surface area contributed by atoms with Gasteiger partial charge in [0.05, 0.1) is 0 Å². The second-order valence-corrected chi connectivity index (χ2v) is 5.65. The molecule has 0 spiro atoms. The fraction of sp³-hybridized carbons (Fsp3) is 0.533. The highest BCUT2D eigenvalue weighted by molar-refractivity contribution is 5.74. The maximum Gasteiger partial charge on any atom is 0.317 e. The van der Waals surface area contributed by atoms with Crippen LogP contribution >= 0.6 is 0 Å². The average molecular weight is 349 g/mol. The lowest BCUT2D eigenvalue weighted by molar-refractivity contribution is -0.122. The Balaban J connectivity index is 0.000000701. The van der Waals surface area contributed by atoms with Crippen LogP contribution in [0.15, 0.2) is 18.7 Å². The molecule has 1 atom stereocenters. The van der Waals surface area contributed by atoms with Gasteiger partial charge in [0.2, 0.25) is 0 Å². The normalized spacial score (nSPS) is 16.7. The fourth-order valence-electron chi connectivity index (χ4n) is 2.83. The summed E-state index contributed by atoms with van der Waals surface area (Å²) in [6.07, 6.45) is 7.86. The fourth-order valence-corrected chi connectivity index (χ4v) is 2.83. The molecule has 1 unspecified atom stereocenters. The standard InChI is InChI=1S/C14H21N7O.CH2O2/c1-20-12(18-10-19-20)4-5-17-14(22)21-8-2-3-11(9-21)13-15-6-7-16-13;2-1-3/h6-7,10-11H,2-5,8-9H2,1H3,(H,15,16)(H,17,22);1H,(H,2,3). The minimum Gasteiger partial charge on any atom is -0.483 e. The molecule has 1 aliphatic rings. The van der Waals surface area contributed by atoms with Crippen molar-refractivity contribution < 1.29 is 14.7 Å². The summed E-state index contributed by atoms with van der Waals surface area (Å²) in [5.74, 6) is 2.14. The van der Waals surface area contributed by atoms with Gasteiger partial charge in [0.25, 0.3) is 6.47 Å². The van der Waals surface area contributed by atoms with E-state index in [0.717, 1.165) is 31.0 Å². The van der Waals surface area contributed by atoms with Crippen LogP contribution in [-0.2, 0) is 18.3 Å². The SMILES string of the molecule is Cn1ncnc1CCNC(=O)N1CCCC(c2ncc[nH]2)C1.O=CO. The lowest BCUT2D eigenvalue weighted by Gasteiger charge is -2.31. The number of rotatable bonds is 4. The van der Waals surface area contributed by atoms with E-state index in [0.29, 0.717) is 25.4 Å². The number of aryl methyl sites for hydroxylation is 1. The Bertz CT molecular complexity index is 656. The summed E-state index contributed by atoms with van der Waals surface area (Å²) < 4.78 is 1.72. The number of amides is 2. The van der Waals surface area contributed by atoms with Crippen LogP contribution in [0.2, 0.25) is 0 Å². The molecule has 3 rings (SSSR count). The van der Waals surface area contributed by atoms with Gasteiger partial charge in [-0.2, -0.15) is 5.10 Å². The molecule has 3 N–H and O–H groups in total. The van der Waals surface area contributed by atoms with Crippen LogP contribution in [0.1, 0.15) is 30.4 Å². The number of urea groups is 1. The van der Waals surface area contributed by atoms with Crippen molar-refractivity contribution in [2.45, 2.75) is 25.2 Å². The smallest absolute Gasteiger partial charge is 0.317 e. The van der Waals surface area contributed by atoms with Crippen LogP contribution in [0.3, 0.4) is 0 Å². The minimum atomic E-state index is -0.250. The lowest BCUT2D eigenvalue weighted by atomic mass is 9.98. The van der Waals surface area contributed by atoms with E-state index in [1.165, 1.54) is 6.33 Å². The minimum absolute atomic E-state index is 0.0153. The highest BCUT2D eigenvalue weighted by atomic mass is 16.3. The molecule has 2 aromatic heterocycles. The number of nitrogens with one attached hydrogen (secondary N) is 2. The van der Waals surface area contributed by atoms with E-state index in [2.05, 4.69) is 25.4 Å². The van der Waals surface area contributed by atoms with Crippen LogP contribution in [0.5, 0.6) is 0 Å². The van der Waals surface area contributed by atoms with Crippen molar-refractivity contribution in [3.63, 3.8) is 0 Å². The van der Waals surface area contributed by atoms with Gasteiger partial charge in [0.15, 0.2) is 0 Å². The van der Waals surface area contributed by atoms with Crippen LogP contribution in [-0.4, -0.2) is 66.9 Å². The molecule has 0 aliphatic carbocycles. The maximum absolute atomic E-state index is 12.3. The van der Waals surface area contributed by atoms with Gasteiger partial charge in [-0.05, 0) is 12.8 Å². The van der Waals surface area contributed by atoms with Crippen LogP contribution in [0.4, 0.5) is 4.79 Å². The number of imidazole rings is 1. The molecule has 0 saturated carbocycles. The summed E-state index contributed by atoms with van der Waals surface area (Å²) in [5.41, 5.74) is 0. The van der Waals surface area contributed by atoms with Gasteiger partial charge in [-0.1, -0.05) is 0 Å². The molecule has 0 bridgehead atoms. The van der Waals surface area contributed by atoms with E-state index in [9.17, 15) is 4.79 Å². The predicted molar refractivity (Wildman–Crippen MR) is 88.9 cm³/mol. The summed E-state index contributed by atoms with van der Waals surface area (Å²) in [6, 6.07) is -0.0153. The quantitative estimate of drug-likeness (QED) is 0.684. The van der Waals surface area contributed by atoms with Gasteiger partial charge in [0, 0.05) is 51.4 Å². The zero-order valence-corrected chi connectivity index (χ0v) is 14.1. The number of carboxylic acid groups (broad SMARTS) is 1. The first-order chi connectivity index (χ1) is 12.2. The van der Waals surface area contributed by atoms with Gasteiger partial charge in [0.1, 0.15) is 18.0 Å². The largest absolute Gasteiger partial charge is 0.483 e. The number of aromatic amines is 1. The number of hydrogen-bond acceptors (Lipinski definition) is 5. The molecule has 0 aromatic carbocycles. The summed E-state index contributed by atoms with van der Waals surface area (Å²) in [4.78, 5) is 34.1. The van der Waals surface area contributed by atoms with Gasteiger partial charge in [-0.15, -0.1) is 0 Å². The predicted octanol–water partition coefficient (Wildman–Crippen LogP) is 0.371. The average Bonchev–Trinajstić information content (AvgIpc) is 3.28. The summed E-state index contributed by atoms with van der Waals surface area (Å²) >= 11 is 0. The van der Waals surface area contributed by atoms with Gasteiger partial charge in [-0.25, -0.2) is 14.8 Å². The van der Waals surface area contributed by atoms with Crippen LogP contribution in [0, 0.1) is 0 Å².